The summed E-state index contributed by atoms with van der Waals surface area (Å²) in [6.07, 6.45) is 0. The monoisotopic (exact) mass is 170 g/mol. The second-order valence-electron chi connectivity index (χ2n) is 2.23. The predicted molar refractivity (Wildman–Crippen MR) is 42.8 cm³/mol. The zero-order valence-corrected chi connectivity index (χ0v) is 6.56. The van der Waals surface area contributed by atoms with Crippen molar-refractivity contribution in [2.45, 2.75) is 6.61 Å². The van der Waals surface area contributed by atoms with E-state index in [1.165, 1.54) is 0 Å². The zero-order chi connectivity index (χ0) is 6.97. The number of hydrogen-bond acceptors (Lipinski definition) is 2. The van der Waals surface area contributed by atoms with Crippen LogP contribution in [0.1, 0.15) is 15.9 Å². The molecule has 0 aliphatic carbocycles. The first-order valence-corrected chi connectivity index (χ1v) is 3.13. The van der Waals surface area contributed by atoms with Crippen LogP contribution in [0.15, 0.2) is 24.3 Å². The lowest BCUT2D eigenvalue weighted by Gasteiger charge is -1.87. The first kappa shape index (κ1) is 8.08. The third kappa shape index (κ3) is 1.21. The topological polar surface area (TPSA) is 26.3 Å². The number of benzene rings is 1. The molecular weight excluding hydrogens is 164 g/mol. The Bertz CT molecular complexity index is 283. The lowest BCUT2D eigenvalue weighted by atomic mass is 10.1. The molecule has 1 heterocycles. The lowest BCUT2D eigenvalue weighted by molar-refractivity contribution is 0.0535. The molecule has 1 aromatic rings. The summed E-state index contributed by atoms with van der Waals surface area (Å²) in [5, 5.41) is 0. The fourth-order valence-electron chi connectivity index (χ4n) is 1.07. The molecule has 1 aliphatic heterocycles. The van der Waals surface area contributed by atoms with Crippen molar-refractivity contribution in [2.24, 2.45) is 0 Å². The molecule has 11 heavy (non-hydrogen) atoms. The van der Waals surface area contributed by atoms with Crippen LogP contribution in [0.4, 0.5) is 0 Å². The van der Waals surface area contributed by atoms with Gasteiger partial charge in [0.25, 0.3) is 0 Å². The van der Waals surface area contributed by atoms with Crippen molar-refractivity contribution < 1.29 is 9.53 Å². The Balaban J connectivity index is 0.000000605. The van der Waals surface area contributed by atoms with E-state index in [0.29, 0.717) is 12.2 Å². The standard InChI is InChI=1S/C8H6O2.ClH/c9-8-7-4-2-1-3-6(7)5-10-8;/h1-4H,5H2;1H. The van der Waals surface area contributed by atoms with Crippen molar-refractivity contribution in [1.82, 2.24) is 0 Å². The number of fused-ring (bicyclic) bond motifs is 1. The third-order valence-corrected chi connectivity index (χ3v) is 1.60. The highest BCUT2D eigenvalue weighted by molar-refractivity contribution is 5.93. The Kier molecular flexibility index (Phi) is 2.15. The number of carbonyl (C=O) groups is 1. The summed E-state index contributed by atoms with van der Waals surface area (Å²) in [5.41, 5.74) is 1.70. The van der Waals surface area contributed by atoms with Gasteiger partial charge in [0.05, 0.1) is 5.56 Å². The van der Waals surface area contributed by atoms with Gasteiger partial charge in [-0.2, -0.15) is 0 Å². The average molecular weight is 171 g/mol. The second kappa shape index (κ2) is 2.93. The summed E-state index contributed by atoms with van der Waals surface area (Å²) in [6, 6.07) is 7.43. The molecule has 0 saturated heterocycles. The molecular formula is C8H7ClO2. The van der Waals surface area contributed by atoms with E-state index in [0.717, 1.165) is 5.56 Å². The quantitative estimate of drug-likeness (QED) is 0.555. The van der Waals surface area contributed by atoms with E-state index >= 15 is 0 Å². The Labute approximate surface area is 70.6 Å². The number of ether oxygens (including phenoxy) is 1. The van der Waals surface area contributed by atoms with Crippen molar-refractivity contribution in [2.75, 3.05) is 0 Å². The fourth-order valence-corrected chi connectivity index (χ4v) is 1.07. The summed E-state index contributed by atoms with van der Waals surface area (Å²) in [7, 11) is 0. The van der Waals surface area contributed by atoms with Crippen molar-refractivity contribution in [3.05, 3.63) is 35.4 Å². The normalized spacial score (nSPS) is 13.3. The van der Waals surface area contributed by atoms with Crippen molar-refractivity contribution in [3.8, 4) is 0 Å². The van der Waals surface area contributed by atoms with Crippen LogP contribution in [0.3, 0.4) is 0 Å². The Morgan fingerprint density at radius 1 is 1.27 bits per heavy atom. The molecule has 0 atom stereocenters. The molecule has 58 valence electrons. The van der Waals surface area contributed by atoms with Crippen LogP contribution in [0, 0.1) is 0 Å². The number of hydrogen-bond donors (Lipinski definition) is 0. The Morgan fingerprint density at radius 3 is 2.73 bits per heavy atom. The number of carbonyl (C=O) groups excluding carboxylic acids is 1. The molecule has 0 aromatic heterocycles. The van der Waals surface area contributed by atoms with Gasteiger partial charge >= 0.3 is 5.97 Å². The maximum atomic E-state index is 10.8. The summed E-state index contributed by atoms with van der Waals surface area (Å²) in [5.74, 6) is -0.199. The van der Waals surface area contributed by atoms with E-state index in [-0.39, 0.29) is 18.4 Å². The van der Waals surface area contributed by atoms with Gasteiger partial charge in [-0.15, -0.1) is 12.4 Å². The first-order valence-electron chi connectivity index (χ1n) is 3.13. The highest BCUT2D eigenvalue weighted by Crippen LogP contribution is 2.17. The van der Waals surface area contributed by atoms with E-state index in [2.05, 4.69) is 0 Å². The number of cyclic esters (lactones) is 1. The van der Waals surface area contributed by atoms with Crippen LogP contribution in [-0.4, -0.2) is 5.97 Å². The van der Waals surface area contributed by atoms with E-state index < -0.39 is 0 Å². The molecule has 0 amide bonds. The largest absolute Gasteiger partial charge is 0.457 e. The van der Waals surface area contributed by atoms with Gasteiger partial charge in [-0.1, -0.05) is 18.2 Å². The summed E-state index contributed by atoms with van der Waals surface area (Å²) < 4.78 is 4.78. The number of halogens is 1. The van der Waals surface area contributed by atoms with Gasteiger partial charge < -0.3 is 4.74 Å². The Hall–Kier alpha value is -1.02. The minimum absolute atomic E-state index is 0. The van der Waals surface area contributed by atoms with E-state index in [1.54, 1.807) is 6.07 Å². The molecule has 0 bridgehead atoms. The van der Waals surface area contributed by atoms with Crippen molar-refractivity contribution in [3.63, 3.8) is 0 Å². The van der Waals surface area contributed by atoms with Gasteiger partial charge in [0.1, 0.15) is 6.61 Å². The van der Waals surface area contributed by atoms with E-state index in [1.807, 2.05) is 18.2 Å². The molecule has 2 rings (SSSR count). The van der Waals surface area contributed by atoms with Crippen LogP contribution in [0.25, 0.3) is 0 Å². The van der Waals surface area contributed by atoms with Gasteiger partial charge in [0, 0.05) is 5.56 Å². The van der Waals surface area contributed by atoms with Crippen molar-refractivity contribution >= 4 is 18.4 Å². The molecule has 3 heteroatoms. The van der Waals surface area contributed by atoms with Crippen LogP contribution in [0.5, 0.6) is 0 Å². The van der Waals surface area contributed by atoms with E-state index in [4.69, 9.17) is 4.74 Å². The molecule has 0 saturated carbocycles. The van der Waals surface area contributed by atoms with E-state index in [9.17, 15) is 4.79 Å². The van der Waals surface area contributed by atoms with Crippen LogP contribution < -0.4 is 0 Å². The summed E-state index contributed by atoms with van der Waals surface area (Å²) >= 11 is 0. The van der Waals surface area contributed by atoms with Crippen LogP contribution in [0.2, 0.25) is 0 Å². The first-order chi connectivity index (χ1) is 4.88. The zero-order valence-electron chi connectivity index (χ0n) is 5.74. The molecule has 2 nitrogen and oxygen atoms in total. The molecule has 1 aromatic carbocycles. The fraction of sp³-hybridized carbons (Fsp3) is 0.125. The van der Waals surface area contributed by atoms with Crippen LogP contribution >= 0.6 is 12.4 Å². The molecule has 0 N–H and O–H groups in total. The minimum Gasteiger partial charge on any atom is -0.457 e. The lowest BCUT2D eigenvalue weighted by Crippen LogP contribution is -1.91. The SMILES string of the molecule is Cl.O=C1OCc2ccccc21. The van der Waals surface area contributed by atoms with Gasteiger partial charge in [-0.25, -0.2) is 4.79 Å². The predicted octanol–water partition coefficient (Wildman–Crippen LogP) is 1.78. The third-order valence-electron chi connectivity index (χ3n) is 1.60. The minimum atomic E-state index is -0.199. The maximum Gasteiger partial charge on any atom is 0.338 e. The molecule has 0 unspecified atom stereocenters. The van der Waals surface area contributed by atoms with Crippen LogP contribution in [-0.2, 0) is 11.3 Å². The van der Waals surface area contributed by atoms with Gasteiger partial charge in [-0.05, 0) is 6.07 Å². The highest BCUT2D eigenvalue weighted by Gasteiger charge is 2.18. The average Bonchev–Trinajstić information content (AvgIpc) is 2.34. The van der Waals surface area contributed by atoms with Crippen molar-refractivity contribution in [1.29, 1.82) is 0 Å². The van der Waals surface area contributed by atoms with Gasteiger partial charge in [0.2, 0.25) is 0 Å². The summed E-state index contributed by atoms with van der Waals surface area (Å²) in [4.78, 5) is 10.8. The molecule has 0 radical (unpaired) electrons. The maximum absolute atomic E-state index is 10.8. The number of rotatable bonds is 0. The summed E-state index contributed by atoms with van der Waals surface area (Å²) in [6.45, 7) is 0.439. The molecule has 0 fully saturated rings. The van der Waals surface area contributed by atoms with Gasteiger partial charge in [-0.3, -0.25) is 0 Å². The molecule has 1 aliphatic rings. The molecule has 0 spiro atoms. The smallest absolute Gasteiger partial charge is 0.338 e. The number of esters is 1. The Morgan fingerprint density at radius 2 is 2.00 bits per heavy atom. The highest BCUT2D eigenvalue weighted by atomic mass is 35.5. The van der Waals surface area contributed by atoms with Gasteiger partial charge in [0.15, 0.2) is 0 Å². The second-order valence-corrected chi connectivity index (χ2v) is 2.23.